The van der Waals surface area contributed by atoms with Gasteiger partial charge in [0.25, 0.3) is 0 Å². The minimum absolute atomic E-state index is 0. The Morgan fingerprint density at radius 3 is 0.667 bits per heavy atom. The maximum absolute atomic E-state index is 6.25. The molecule has 111 valence electrons. The van der Waals surface area contributed by atoms with Crippen LogP contribution in [-0.4, -0.2) is 0 Å². The van der Waals surface area contributed by atoms with Crippen LogP contribution in [0.15, 0.2) is 91.0 Å². The standard InChI is InChI=1S/3C6H5.CN.Au/c3*1-2-4-6-5-3-1;1-2;/h3*1-5H;;/q4*-1;. The molecule has 0 saturated heterocycles. The van der Waals surface area contributed by atoms with Crippen molar-refractivity contribution in [2.24, 2.45) is 0 Å². The van der Waals surface area contributed by atoms with Crippen LogP contribution in [0.3, 0.4) is 0 Å². The van der Waals surface area contributed by atoms with Gasteiger partial charge in [0.15, 0.2) is 0 Å². The van der Waals surface area contributed by atoms with Crippen molar-refractivity contribution in [2.45, 2.75) is 0 Å². The largest absolute Gasteiger partial charge is 0.512 e. The summed E-state index contributed by atoms with van der Waals surface area (Å²) in [5.74, 6) is 0. The van der Waals surface area contributed by atoms with Crippen LogP contribution >= 0.6 is 0 Å². The fourth-order valence-electron chi connectivity index (χ4n) is 1.03. The van der Waals surface area contributed by atoms with E-state index in [-0.39, 0.29) is 22.4 Å². The molecule has 21 heavy (non-hydrogen) atoms. The van der Waals surface area contributed by atoms with Crippen molar-refractivity contribution in [3.8, 4) is 0 Å². The first-order valence-electron chi connectivity index (χ1n) is 5.96. The molecule has 0 amide bonds. The average Bonchev–Trinajstić information content (AvgIpc) is 2.62. The molecular weight excluding hydrogens is 439 g/mol. The van der Waals surface area contributed by atoms with Gasteiger partial charge in [-0.1, -0.05) is 0 Å². The summed E-state index contributed by atoms with van der Waals surface area (Å²) in [6, 6.07) is 37.5. The summed E-state index contributed by atoms with van der Waals surface area (Å²) in [4.78, 5) is 0. The van der Waals surface area contributed by atoms with Crippen LogP contribution in [0.4, 0.5) is 0 Å². The smallest absolute Gasteiger partial charge is 0 e. The molecule has 3 aromatic carbocycles. The summed E-state index contributed by atoms with van der Waals surface area (Å²) in [7, 11) is 0. The van der Waals surface area contributed by atoms with E-state index < -0.39 is 0 Å². The van der Waals surface area contributed by atoms with E-state index in [9.17, 15) is 0 Å². The average molecular weight is 454 g/mol. The molecule has 3 aromatic rings. The van der Waals surface area contributed by atoms with Crippen molar-refractivity contribution in [3.63, 3.8) is 0 Å². The van der Waals surface area contributed by atoms with Crippen molar-refractivity contribution in [3.05, 3.63) is 116 Å². The van der Waals surface area contributed by atoms with Crippen LogP contribution in [0.5, 0.6) is 0 Å². The first-order chi connectivity index (χ1) is 10.0. The Morgan fingerprint density at radius 2 is 0.619 bits per heavy atom. The summed E-state index contributed by atoms with van der Waals surface area (Å²) in [6.07, 6.45) is 0. The van der Waals surface area contributed by atoms with Gasteiger partial charge in [-0.05, 0) is 0 Å². The Labute approximate surface area is 143 Å². The van der Waals surface area contributed by atoms with Crippen LogP contribution < -0.4 is 0 Å². The Morgan fingerprint density at radius 1 is 0.429 bits per heavy atom. The minimum Gasteiger partial charge on any atom is -0.512 e. The molecule has 0 unspecified atom stereocenters. The van der Waals surface area contributed by atoms with Gasteiger partial charge in [-0.25, -0.2) is 0 Å². The second-order valence-electron chi connectivity index (χ2n) is 3.23. The molecular formula is C19H15AuN-4. The third-order valence-corrected chi connectivity index (χ3v) is 1.82. The van der Waals surface area contributed by atoms with E-state index in [2.05, 4.69) is 18.2 Å². The van der Waals surface area contributed by atoms with Gasteiger partial charge >= 0.3 is 0 Å². The molecule has 1 radical (unpaired) electrons. The van der Waals surface area contributed by atoms with Crippen molar-refractivity contribution in [1.29, 1.82) is 5.26 Å². The molecule has 0 heterocycles. The fraction of sp³-hybridized carbons (Fsp3) is 0. The summed E-state index contributed by atoms with van der Waals surface area (Å²) >= 11 is 0. The third-order valence-electron chi connectivity index (χ3n) is 1.82. The molecule has 0 bridgehead atoms. The van der Waals surface area contributed by atoms with Crippen molar-refractivity contribution >= 4 is 0 Å². The molecule has 0 aliphatic heterocycles. The molecule has 3 rings (SSSR count). The zero-order valence-corrected chi connectivity index (χ0v) is 13.6. The van der Waals surface area contributed by atoms with Crippen LogP contribution in [0.2, 0.25) is 0 Å². The Kier molecular flexibility index (Phi) is 20.4. The quantitative estimate of drug-likeness (QED) is 0.361. The summed E-state index contributed by atoms with van der Waals surface area (Å²) in [5.41, 5.74) is 0. The third kappa shape index (κ3) is 17.9. The number of hydrogen-bond donors (Lipinski definition) is 0. The molecule has 0 aliphatic carbocycles. The number of nitrogens with zero attached hydrogens (tertiary/aromatic N) is 1. The molecule has 0 aromatic heterocycles. The summed E-state index contributed by atoms with van der Waals surface area (Å²) in [5, 5.41) is 6.25. The second-order valence-corrected chi connectivity index (χ2v) is 3.23. The first-order valence-corrected chi connectivity index (χ1v) is 5.96. The van der Waals surface area contributed by atoms with Gasteiger partial charge in [0.1, 0.15) is 0 Å². The van der Waals surface area contributed by atoms with Crippen LogP contribution in [-0.2, 0) is 22.4 Å². The topological polar surface area (TPSA) is 23.8 Å². The predicted octanol–water partition coefficient (Wildman–Crippen LogP) is 4.55. The number of rotatable bonds is 0. The Bertz CT molecular complexity index is 340. The van der Waals surface area contributed by atoms with E-state index in [4.69, 9.17) is 11.8 Å². The van der Waals surface area contributed by atoms with E-state index in [0.717, 1.165) is 0 Å². The summed E-state index contributed by atoms with van der Waals surface area (Å²) < 4.78 is 0. The van der Waals surface area contributed by atoms with E-state index >= 15 is 0 Å². The molecule has 0 fully saturated rings. The minimum atomic E-state index is 0. The first kappa shape index (κ1) is 21.2. The van der Waals surface area contributed by atoms with Gasteiger partial charge in [-0.2, -0.15) is 109 Å². The molecule has 0 spiro atoms. The number of hydrogen-bond acceptors (Lipinski definition) is 1. The van der Waals surface area contributed by atoms with Crippen molar-refractivity contribution in [2.75, 3.05) is 0 Å². The fourth-order valence-corrected chi connectivity index (χ4v) is 1.03. The maximum atomic E-state index is 6.25. The predicted molar refractivity (Wildman–Crippen MR) is 80.8 cm³/mol. The molecule has 2 heteroatoms. The SMILES string of the molecule is [Au].[C-]#N.[c-]1ccccc1.[c-]1ccccc1.[c-]1ccccc1. The zero-order valence-electron chi connectivity index (χ0n) is 11.4. The monoisotopic (exact) mass is 454 g/mol. The molecule has 0 atom stereocenters. The summed E-state index contributed by atoms with van der Waals surface area (Å²) in [6.45, 7) is 4.75. The second kappa shape index (κ2) is 20.2. The van der Waals surface area contributed by atoms with Gasteiger partial charge in [-0.3, -0.25) is 0 Å². The molecule has 0 saturated carbocycles. The van der Waals surface area contributed by atoms with E-state index in [1.807, 2.05) is 91.0 Å². The van der Waals surface area contributed by atoms with Crippen LogP contribution in [0.25, 0.3) is 0 Å². The van der Waals surface area contributed by atoms with Crippen LogP contribution in [0, 0.1) is 30.0 Å². The van der Waals surface area contributed by atoms with Gasteiger partial charge in [-0.15, -0.1) is 0 Å². The van der Waals surface area contributed by atoms with Crippen molar-refractivity contribution < 1.29 is 22.4 Å². The Hall–Kier alpha value is -2.11. The zero-order chi connectivity index (χ0) is 14.7. The van der Waals surface area contributed by atoms with Gasteiger partial charge in [0.2, 0.25) is 0 Å². The molecule has 0 N–H and O–H groups in total. The van der Waals surface area contributed by atoms with Gasteiger partial charge < -0.3 is 11.8 Å². The van der Waals surface area contributed by atoms with E-state index in [0.29, 0.717) is 0 Å². The molecule has 1 nitrogen and oxygen atoms in total. The van der Waals surface area contributed by atoms with Crippen LogP contribution in [0.1, 0.15) is 0 Å². The van der Waals surface area contributed by atoms with Crippen molar-refractivity contribution in [1.82, 2.24) is 0 Å². The normalized spacial score (nSPS) is 6.95. The van der Waals surface area contributed by atoms with E-state index in [1.165, 1.54) is 0 Å². The number of benzene rings is 3. The van der Waals surface area contributed by atoms with Gasteiger partial charge in [0.05, 0.1) is 0 Å². The van der Waals surface area contributed by atoms with E-state index in [1.54, 1.807) is 0 Å². The Balaban J connectivity index is 0. The molecule has 0 aliphatic rings. The van der Waals surface area contributed by atoms with Gasteiger partial charge in [0, 0.05) is 22.4 Å². The maximum Gasteiger partial charge on any atom is 0 e.